The Morgan fingerprint density at radius 2 is 1.83 bits per heavy atom. The van der Waals surface area contributed by atoms with Crippen molar-refractivity contribution in [1.29, 1.82) is 0 Å². The second-order valence-corrected chi connectivity index (χ2v) is 7.06. The fourth-order valence-corrected chi connectivity index (χ4v) is 3.06. The van der Waals surface area contributed by atoms with Gasteiger partial charge in [-0.25, -0.2) is 0 Å². The zero-order valence-electron chi connectivity index (χ0n) is 17.1. The van der Waals surface area contributed by atoms with Crippen LogP contribution >= 0.6 is 0 Å². The molecule has 0 aromatic carbocycles. The molecule has 10 heteroatoms. The second-order valence-electron chi connectivity index (χ2n) is 7.06. The summed E-state index contributed by atoms with van der Waals surface area (Å²) in [6.07, 6.45) is -0.679. The first-order valence-electron chi connectivity index (χ1n) is 9.94. The third-order valence-corrected chi connectivity index (χ3v) is 4.89. The van der Waals surface area contributed by atoms with Gasteiger partial charge in [-0.05, 0) is 18.9 Å². The highest BCUT2D eigenvalue weighted by Crippen LogP contribution is 2.26. The first-order valence-corrected chi connectivity index (χ1v) is 9.94. The molecule has 0 radical (unpaired) electrons. The number of carbonyl (C=O) groups is 3. The fourth-order valence-electron chi connectivity index (χ4n) is 3.06. The number of pyridine rings is 1. The van der Waals surface area contributed by atoms with Gasteiger partial charge in [0.15, 0.2) is 18.5 Å². The van der Waals surface area contributed by atoms with Crippen LogP contribution < -0.4 is 10.3 Å². The number of aliphatic hydroxyl groups is 2. The van der Waals surface area contributed by atoms with Crippen LogP contribution in [0.1, 0.15) is 56.1 Å². The van der Waals surface area contributed by atoms with E-state index in [2.05, 4.69) is 0 Å². The smallest absolute Gasteiger partial charge is 0.306 e. The average molecular weight is 425 g/mol. The van der Waals surface area contributed by atoms with E-state index in [0.717, 1.165) is 0 Å². The standard InChI is InChI=1S/C20H28N2O8/c1-3-13(4-2)29-16(24)8-7-15(23)28-11-14-17(25)18(26)20(30-14)22-9-5-6-12(10-22)19(21)27/h5-6,9-10,13-14,17-18,20,25-26H,3-4,7-8,11H2,1-2H3,(H-,21,27)/p+1/t14-,17-,18-,20-/m1/s1. The highest BCUT2D eigenvalue weighted by atomic mass is 16.6. The molecule has 166 valence electrons. The molecule has 0 aliphatic carbocycles. The summed E-state index contributed by atoms with van der Waals surface area (Å²) in [5, 5.41) is 20.5. The van der Waals surface area contributed by atoms with Crippen molar-refractivity contribution in [1.82, 2.24) is 0 Å². The number of carbonyl (C=O) groups excluding carboxylic acids is 3. The molecule has 0 unspecified atom stereocenters. The molecule has 0 saturated carbocycles. The molecular weight excluding hydrogens is 396 g/mol. The third-order valence-electron chi connectivity index (χ3n) is 4.89. The van der Waals surface area contributed by atoms with Crippen LogP contribution in [-0.2, 0) is 23.8 Å². The molecule has 1 aromatic heterocycles. The Hall–Kier alpha value is -2.56. The van der Waals surface area contributed by atoms with Gasteiger partial charge in [0.05, 0.1) is 12.8 Å². The van der Waals surface area contributed by atoms with Gasteiger partial charge in [0.2, 0.25) is 0 Å². The molecule has 0 spiro atoms. The number of rotatable bonds is 10. The van der Waals surface area contributed by atoms with E-state index < -0.39 is 42.4 Å². The summed E-state index contributed by atoms with van der Waals surface area (Å²) in [5.74, 6) is -1.77. The number of hydrogen-bond donors (Lipinski definition) is 3. The zero-order chi connectivity index (χ0) is 22.3. The normalized spacial score (nSPS) is 23.4. The minimum atomic E-state index is -1.31. The van der Waals surface area contributed by atoms with Gasteiger partial charge < -0.3 is 30.2 Å². The molecule has 30 heavy (non-hydrogen) atoms. The number of hydrogen-bond acceptors (Lipinski definition) is 8. The lowest BCUT2D eigenvalue weighted by atomic mass is 10.1. The van der Waals surface area contributed by atoms with Crippen LogP contribution in [0.2, 0.25) is 0 Å². The van der Waals surface area contributed by atoms with E-state index in [1.165, 1.54) is 16.8 Å². The van der Waals surface area contributed by atoms with E-state index in [9.17, 15) is 24.6 Å². The summed E-state index contributed by atoms with van der Waals surface area (Å²) in [5.41, 5.74) is 5.45. The quantitative estimate of drug-likeness (QED) is 0.343. The van der Waals surface area contributed by atoms with Crippen LogP contribution in [0.15, 0.2) is 24.5 Å². The molecule has 4 N–H and O–H groups in total. The van der Waals surface area contributed by atoms with E-state index >= 15 is 0 Å². The van der Waals surface area contributed by atoms with Crippen LogP contribution in [0.3, 0.4) is 0 Å². The summed E-state index contributed by atoms with van der Waals surface area (Å²) >= 11 is 0. The molecule has 1 fully saturated rings. The Morgan fingerprint density at radius 1 is 1.17 bits per heavy atom. The second kappa shape index (κ2) is 11.0. The molecule has 1 aromatic rings. The number of amides is 1. The molecule has 0 bridgehead atoms. The number of primary amides is 1. The van der Waals surface area contributed by atoms with E-state index in [0.29, 0.717) is 12.8 Å². The topological polar surface area (TPSA) is 149 Å². The number of aliphatic hydroxyl groups excluding tert-OH is 2. The summed E-state index contributed by atoms with van der Waals surface area (Å²) < 4.78 is 17.3. The van der Waals surface area contributed by atoms with E-state index in [1.807, 2.05) is 13.8 Å². The predicted molar refractivity (Wildman–Crippen MR) is 102 cm³/mol. The van der Waals surface area contributed by atoms with Crippen LogP contribution in [0.5, 0.6) is 0 Å². The molecule has 4 atom stereocenters. The van der Waals surface area contributed by atoms with E-state index in [1.54, 1.807) is 12.3 Å². The Kier molecular flexibility index (Phi) is 8.70. The van der Waals surface area contributed by atoms with Gasteiger partial charge in [0, 0.05) is 6.07 Å². The van der Waals surface area contributed by atoms with Crippen molar-refractivity contribution in [2.45, 2.75) is 70.2 Å². The first-order chi connectivity index (χ1) is 14.3. The molecule has 1 saturated heterocycles. The molecular formula is C20H29N2O8+. The van der Waals surface area contributed by atoms with Crippen molar-refractivity contribution < 1.29 is 43.4 Å². The van der Waals surface area contributed by atoms with Gasteiger partial charge in [0.25, 0.3) is 12.1 Å². The van der Waals surface area contributed by atoms with Gasteiger partial charge in [-0.1, -0.05) is 13.8 Å². The SMILES string of the molecule is CCC(CC)OC(=O)CCC(=O)OC[C@H]1O[C@@H]([n+]2cccc(C(N)=O)c2)[C@H](O)[C@@H]1O. The zero-order valence-corrected chi connectivity index (χ0v) is 17.1. The Labute approximate surface area is 174 Å². The van der Waals surface area contributed by atoms with Crippen molar-refractivity contribution in [2.75, 3.05) is 6.61 Å². The number of nitrogens with two attached hydrogens (primary N) is 1. The predicted octanol–water partition coefficient (Wildman–Crippen LogP) is -0.253. The lowest BCUT2D eigenvalue weighted by molar-refractivity contribution is -0.765. The minimum Gasteiger partial charge on any atom is -0.463 e. The molecule has 1 aliphatic rings. The lowest BCUT2D eigenvalue weighted by Crippen LogP contribution is -2.46. The lowest BCUT2D eigenvalue weighted by Gasteiger charge is -2.15. The number of esters is 2. The van der Waals surface area contributed by atoms with Crippen molar-refractivity contribution in [3.63, 3.8) is 0 Å². The minimum absolute atomic E-state index is 0.107. The fraction of sp³-hybridized carbons (Fsp3) is 0.600. The summed E-state index contributed by atoms with van der Waals surface area (Å²) in [7, 11) is 0. The highest BCUT2D eigenvalue weighted by molar-refractivity contribution is 5.92. The van der Waals surface area contributed by atoms with Gasteiger partial charge in [0.1, 0.15) is 30.5 Å². The Morgan fingerprint density at radius 3 is 2.47 bits per heavy atom. The van der Waals surface area contributed by atoms with Gasteiger partial charge in [-0.15, -0.1) is 0 Å². The average Bonchev–Trinajstić information content (AvgIpc) is 3.03. The first kappa shape index (κ1) is 23.7. The van der Waals surface area contributed by atoms with Crippen LogP contribution in [0.4, 0.5) is 0 Å². The monoisotopic (exact) mass is 425 g/mol. The number of aromatic nitrogens is 1. The van der Waals surface area contributed by atoms with Gasteiger partial charge in [-0.3, -0.25) is 14.4 Å². The molecule has 1 aliphatic heterocycles. The molecule has 10 nitrogen and oxygen atoms in total. The third kappa shape index (κ3) is 6.22. The van der Waals surface area contributed by atoms with E-state index in [-0.39, 0.29) is 31.1 Å². The van der Waals surface area contributed by atoms with E-state index in [4.69, 9.17) is 19.9 Å². The Balaban J connectivity index is 1.84. The van der Waals surface area contributed by atoms with Gasteiger partial charge >= 0.3 is 11.9 Å². The molecule has 2 rings (SSSR count). The maximum atomic E-state index is 11.9. The summed E-state index contributed by atoms with van der Waals surface area (Å²) in [4.78, 5) is 35.0. The van der Waals surface area contributed by atoms with Crippen LogP contribution in [0, 0.1) is 0 Å². The maximum Gasteiger partial charge on any atom is 0.306 e. The molecule has 2 heterocycles. The van der Waals surface area contributed by atoms with Crippen LogP contribution in [0.25, 0.3) is 0 Å². The van der Waals surface area contributed by atoms with Gasteiger partial charge in [-0.2, -0.15) is 4.57 Å². The van der Waals surface area contributed by atoms with Crippen molar-refractivity contribution in [3.8, 4) is 0 Å². The van der Waals surface area contributed by atoms with Crippen molar-refractivity contribution in [3.05, 3.63) is 30.1 Å². The maximum absolute atomic E-state index is 11.9. The summed E-state index contributed by atoms with van der Waals surface area (Å²) in [6, 6.07) is 3.06. The molecule has 1 amide bonds. The largest absolute Gasteiger partial charge is 0.463 e. The number of nitrogens with zero attached hydrogens (tertiary/aromatic N) is 1. The van der Waals surface area contributed by atoms with Crippen molar-refractivity contribution >= 4 is 17.8 Å². The number of ether oxygens (including phenoxy) is 3. The Bertz CT molecular complexity index is 752. The highest BCUT2D eigenvalue weighted by Gasteiger charge is 2.48. The summed E-state index contributed by atoms with van der Waals surface area (Å²) in [6.45, 7) is 3.52. The van der Waals surface area contributed by atoms with Crippen LogP contribution in [-0.4, -0.2) is 59.1 Å². The van der Waals surface area contributed by atoms with Crippen molar-refractivity contribution in [2.24, 2.45) is 5.73 Å².